The third kappa shape index (κ3) is 10.1. The standard InChI is InChI=1S/C17H29N9O5/c18-10(6-9-7-22-8-24-9)14(28)25-11(3-4-13(19)27)15(29)26-12(16(30)31)2-1-5-23-17(20)21/h7-8,10-12H,1-6,18H2,(H2,19,27)(H,22,24)(H,25,28)(H,26,29)(H,30,31)(H4,20,21,23). The number of aliphatic imine (C=N–C) groups is 1. The summed E-state index contributed by atoms with van der Waals surface area (Å²) in [7, 11) is 0. The number of aromatic amines is 1. The highest BCUT2D eigenvalue weighted by atomic mass is 16.4. The van der Waals surface area contributed by atoms with Gasteiger partial charge in [-0.15, -0.1) is 0 Å². The van der Waals surface area contributed by atoms with Gasteiger partial charge >= 0.3 is 5.97 Å². The van der Waals surface area contributed by atoms with Crippen molar-refractivity contribution in [2.24, 2.45) is 27.9 Å². The molecular formula is C17H29N9O5. The van der Waals surface area contributed by atoms with Crippen molar-refractivity contribution in [1.82, 2.24) is 20.6 Å². The smallest absolute Gasteiger partial charge is 0.326 e. The van der Waals surface area contributed by atoms with Crippen LogP contribution in [0.2, 0.25) is 0 Å². The molecule has 14 heteroatoms. The van der Waals surface area contributed by atoms with Crippen LogP contribution in [0.5, 0.6) is 0 Å². The molecule has 0 aliphatic rings. The van der Waals surface area contributed by atoms with Crippen molar-refractivity contribution >= 4 is 29.7 Å². The van der Waals surface area contributed by atoms with Crippen molar-refractivity contribution in [2.75, 3.05) is 6.54 Å². The van der Waals surface area contributed by atoms with Crippen LogP contribution in [-0.2, 0) is 25.6 Å². The number of aromatic nitrogens is 2. The molecule has 172 valence electrons. The molecule has 0 spiro atoms. The normalized spacial score (nSPS) is 13.5. The summed E-state index contributed by atoms with van der Waals surface area (Å²) in [6.45, 7) is 0.187. The number of imidazole rings is 1. The Morgan fingerprint density at radius 1 is 1.10 bits per heavy atom. The van der Waals surface area contributed by atoms with Crippen LogP contribution in [0.4, 0.5) is 0 Å². The summed E-state index contributed by atoms with van der Waals surface area (Å²) >= 11 is 0. The average molecular weight is 439 g/mol. The number of carboxylic acid groups (broad SMARTS) is 1. The molecule has 0 aliphatic carbocycles. The summed E-state index contributed by atoms with van der Waals surface area (Å²) in [5.41, 5.74) is 22.0. The van der Waals surface area contributed by atoms with Gasteiger partial charge < -0.3 is 43.7 Å². The minimum atomic E-state index is -1.27. The largest absolute Gasteiger partial charge is 0.480 e. The van der Waals surface area contributed by atoms with Crippen LogP contribution in [-0.4, -0.2) is 69.4 Å². The number of carbonyl (C=O) groups excluding carboxylic acids is 3. The lowest BCUT2D eigenvalue weighted by molar-refractivity contribution is -0.142. The van der Waals surface area contributed by atoms with Crippen molar-refractivity contribution in [3.8, 4) is 0 Å². The Labute approximate surface area is 178 Å². The van der Waals surface area contributed by atoms with E-state index in [9.17, 15) is 24.3 Å². The van der Waals surface area contributed by atoms with E-state index in [1.165, 1.54) is 12.5 Å². The van der Waals surface area contributed by atoms with Crippen molar-refractivity contribution in [2.45, 2.75) is 50.2 Å². The molecule has 1 aromatic rings. The SMILES string of the molecule is NC(=O)CCC(NC(=O)C(N)Cc1cnc[nH]1)C(=O)NC(CCCN=C(N)N)C(=O)O. The molecule has 12 N–H and O–H groups in total. The molecule has 0 bridgehead atoms. The van der Waals surface area contributed by atoms with E-state index in [2.05, 4.69) is 25.6 Å². The Balaban J connectivity index is 2.75. The third-order valence-electron chi connectivity index (χ3n) is 4.20. The van der Waals surface area contributed by atoms with Gasteiger partial charge in [-0.25, -0.2) is 9.78 Å². The number of H-pyrrole nitrogens is 1. The quantitative estimate of drug-likeness (QED) is 0.0816. The van der Waals surface area contributed by atoms with Crippen LogP contribution in [0.1, 0.15) is 31.4 Å². The van der Waals surface area contributed by atoms with E-state index >= 15 is 0 Å². The number of nitrogens with zero attached hydrogens (tertiary/aromatic N) is 2. The van der Waals surface area contributed by atoms with Gasteiger partial charge in [-0.05, 0) is 19.3 Å². The van der Waals surface area contributed by atoms with E-state index in [4.69, 9.17) is 22.9 Å². The van der Waals surface area contributed by atoms with Gasteiger partial charge in [0.2, 0.25) is 17.7 Å². The first-order valence-corrected chi connectivity index (χ1v) is 9.50. The predicted molar refractivity (Wildman–Crippen MR) is 110 cm³/mol. The van der Waals surface area contributed by atoms with Gasteiger partial charge in [0.1, 0.15) is 12.1 Å². The van der Waals surface area contributed by atoms with Gasteiger partial charge in [0.15, 0.2) is 5.96 Å². The number of hydrogen-bond acceptors (Lipinski definition) is 7. The number of guanidine groups is 1. The van der Waals surface area contributed by atoms with Crippen LogP contribution < -0.4 is 33.6 Å². The number of amides is 3. The van der Waals surface area contributed by atoms with Crippen LogP contribution >= 0.6 is 0 Å². The maximum Gasteiger partial charge on any atom is 0.326 e. The van der Waals surface area contributed by atoms with Crippen molar-refractivity contribution in [3.05, 3.63) is 18.2 Å². The molecule has 14 nitrogen and oxygen atoms in total. The van der Waals surface area contributed by atoms with E-state index in [-0.39, 0.29) is 38.2 Å². The fourth-order valence-electron chi connectivity index (χ4n) is 2.59. The summed E-state index contributed by atoms with van der Waals surface area (Å²) in [6, 6.07) is -3.44. The molecule has 3 unspecified atom stereocenters. The molecular weight excluding hydrogens is 410 g/mol. The van der Waals surface area contributed by atoms with Crippen molar-refractivity contribution < 1.29 is 24.3 Å². The monoisotopic (exact) mass is 439 g/mol. The molecule has 0 fully saturated rings. The van der Waals surface area contributed by atoms with Crippen LogP contribution in [0, 0.1) is 0 Å². The topological polar surface area (TPSA) is 258 Å². The first-order chi connectivity index (χ1) is 14.6. The maximum absolute atomic E-state index is 12.6. The molecule has 1 rings (SSSR count). The number of aliphatic carboxylic acids is 1. The Morgan fingerprint density at radius 3 is 2.32 bits per heavy atom. The van der Waals surface area contributed by atoms with Gasteiger partial charge in [-0.2, -0.15) is 0 Å². The Morgan fingerprint density at radius 2 is 1.77 bits per heavy atom. The van der Waals surface area contributed by atoms with Crippen LogP contribution in [0.3, 0.4) is 0 Å². The number of nitrogens with one attached hydrogen (secondary N) is 3. The lowest BCUT2D eigenvalue weighted by atomic mass is 10.1. The van der Waals surface area contributed by atoms with E-state index < -0.39 is 41.8 Å². The third-order valence-corrected chi connectivity index (χ3v) is 4.20. The van der Waals surface area contributed by atoms with Gasteiger partial charge in [-0.3, -0.25) is 19.4 Å². The van der Waals surface area contributed by atoms with Gasteiger partial charge in [0, 0.05) is 31.3 Å². The minimum Gasteiger partial charge on any atom is -0.480 e. The van der Waals surface area contributed by atoms with E-state index in [0.29, 0.717) is 12.1 Å². The summed E-state index contributed by atoms with van der Waals surface area (Å²) in [4.78, 5) is 58.0. The average Bonchev–Trinajstić information content (AvgIpc) is 3.19. The van der Waals surface area contributed by atoms with Crippen molar-refractivity contribution in [1.29, 1.82) is 0 Å². The summed E-state index contributed by atoms with van der Waals surface area (Å²) in [5.74, 6) is -3.51. The molecule has 0 saturated heterocycles. The Bertz CT molecular complexity index is 777. The van der Waals surface area contributed by atoms with E-state index in [1.807, 2.05) is 0 Å². The molecule has 1 heterocycles. The second kappa shape index (κ2) is 12.8. The number of carbonyl (C=O) groups is 4. The fraction of sp³-hybridized carbons (Fsp3) is 0.529. The molecule has 31 heavy (non-hydrogen) atoms. The molecule has 3 atom stereocenters. The highest BCUT2D eigenvalue weighted by molar-refractivity contribution is 5.92. The highest BCUT2D eigenvalue weighted by Crippen LogP contribution is 2.04. The van der Waals surface area contributed by atoms with Gasteiger partial charge in [-0.1, -0.05) is 0 Å². The first kappa shape index (κ1) is 25.4. The second-order valence-corrected chi connectivity index (χ2v) is 6.80. The number of carboxylic acids is 1. The number of rotatable bonds is 14. The minimum absolute atomic E-state index is 0.0493. The molecule has 0 aliphatic heterocycles. The van der Waals surface area contributed by atoms with Crippen LogP contribution in [0.15, 0.2) is 17.5 Å². The maximum atomic E-state index is 12.6. The molecule has 3 amide bonds. The zero-order chi connectivity index (χ0) is 23.4. The Hall–Kier alpha value is -3.68. The van der Waals surface area contributed by atoms with Crippen LogP contribution in [0.25, 0.3) is 0 Å². The second-order valence-electron chi connectivity index (χ2n) is 6.80. The lowest BCUT2D eigenvalue weighted by Gasteiger charge is -2.22. The molecule has 0 saturated carbocycles. The highest BCUT2D eigenvalue weighted by Gasteiger charge is 2.28. The summed E-state index contributed by atoms with van der Waals surface area (Å²) < 4.78 is 0. The van der Waals surface area contributed by atoms with E-state index in [0.717, 1.165) is 0 Å². The first-order valence-electron chi connectivity index (χ1n) is 9.50. The van der Waals surface area contributed by atoms with Crippen molar-refractivity contribution in [3.63, 3.8) is 0 Å². The molecule has 0 radical (unpaired) electrons. The number of primary amides is 1. The lowest BCUT2D eigenvalue weighted by Crippen LogP contribution is -2.55. The molecule has 1 aromatic heterocycles. The fourth-order valence-corrected chi connectivity index (χ4v) is 2.59. The zero-order valence-electron chi connectivity index (χ0n) is 16.9. The van der Waals surface area contributed by atoms with Gasteiger partial charge in [0.05, 0.1) is 12.4 Å². The summed E-state index contributed by atoms with van der Waals surface area (Å²) in [5, 5.41) is 14.1. The summed E-state index contributed by atoms with van der Waals surface area (Å²) in [6.07, 6.45) is 3.10. The number of hydrogen-bond donors (Lipinski definition) is 8. The Kier molecular flexibility index (Phi) is 10.5. The predicted octanol–water partition coefficient (Wildman–Crippen LogP) is -3.35. The van der Waals surface area contributed by atoms with E-state index in [1.54, 1.807) is 0 Å². The zero-order valence-corrected chi connectivity index (χ0v) is 16.9. The molecule has 0 aromatic carbocycles. The number of nitrogens with two attached hydrogens (primary N) is 4. The van der Waals surface area contributed by atoms with Gasteiger partial charge in [0.25, 0.3) is 0 Å².